The van der Waals surface area contributed by atoms with Crippen LogP contribution in [-0.2, 0) is 6.54 Å². The molecule has 0 atom stereocenters. The van der Waals surface area contributed by atoms with Crippen molar-refractivity contribution in [2.75, 3.05) is 6.54 Å². The Kier molecular flexibility index (Phi) is 2.93. The third kappa shape index (κ3) is 2.13. The van der Waals surface area contributed by atoms with Gasteiger partial charge in [-0.05, 0) is 23.4 Å². The van der Waals surface area contributed by atoms with E-state index >= 15 is 0 Å². The van der Waals surface area contributed by atoms with E-state index in [1.807, 2.05) is 0 Å². The monoisotopic (exact) mass is 205 g/mol. The first kappa shape index (κ1) is 9.66. The molecule has 2 aromatic heterocycles. The van der Waals surface area contributed by atoms with Gasteiger partial charge in [0.1, 0.15) is 5.69 Å². The molecule has 2 N–H and O–H groups in total. The molecule has 0 aromatic carbocycles. The van der Waals surface area contributed by atoms with Gasteiger partial charge in [0.25, 0.3) is 0 Å². The fourth-order valence-corrected chi connectivity index (χ4v) is 1.19. The third-order valence-electron chi connectivity index (χ3n) is 1.90. The highest BCUT2D eigenvalue weighted by atomic mass is 15.5. The highest BCUT2D eigenvalue weighted by Gasteiger charge is 2.08. The zero-order chi connectivity index (χ0) is 10.5. The second-order valence-corrected chi connectivity index (χ2v) is 2.96. The molecule has 7 heteroatoms. The third-order valence-corrected chi connectivity index (χ3v) is 1.90. The van der Waals surface area contributed by atoms with Crippen molar-refractivity contribution in [3.8, 4) is 11.5 Å². The lowest BCUT2D eigenvalue weighted by atomic mass is 10.4. The Morgan fingerprint density at radius 2 is 2.27 bits per heavy atom. The van der Waals surface area contributed by atoms with Crippen LogP contribution in [0.2, 0.25) is 0 Å². The average molecular weight is 205 g/mol. The maximum Gasteiger partial charge on any atom is 0.202 e. The number of tetrazole rings is 1. The first-order chi connectivity index (χ1) is 7.42. The lowest BCUT2D eigenvalue weighted by Gasteiger charge is -2.01. The van der Waals surface area contributed by atoms with Gasteiger partial charge < -0.3 is 5.73 Å². The van der Waals surface area contributed by atoms with E-state index in [4.69, 9.17) is 5.73 Å². The maximum absolute atomic E-state index is 5.42. The van der Waals surface area contributed by atoms with E-state index in [9.17, 15) is 0 Å². The molecule has 0 fully saturated rings. The maximum atomic E-state index is 5.42. The Morgan fingerprint density at radius 3 is 3.00 bits per heavy atom. The van der Waals surface area contributed by atoms with Crippen LogP contribution in [-0.4, -0.2) is 36.7 Å². The van der Waals surface area contributed by atoms with Crippen molar-refractivity contribution in [3.05, 3.63) is 18.6 Å². The van der Waals surface area contributed by atoms with Crippen LogP contribution in [0, 0.1) is 0 Å². The van der Waals surface area contributed by atoms with Gasteiger partial charge in [-0.3, -0.25) is 4.98 Å². The summed E-state index contributed by atoms with van der Waals surface area (Å²) in [7, 11) is 0. The summed E-state index contributed by atoms with van der Waals surface area (Å²) in [6, 6.07) is 0. The first-order valence-corrected chi connectivity index (χ1v) is 4.64. The standard InChI is InChI=1S/C8H11N7/c9-2-1-5-15-8(12-13-14-15)7-6-10-3-4-11-7/h3-4,6H,1-2,5,9H2. The van der Waals surface area contributed by atoms with Crippen molar-refractivity contribution < 1.29 is 0 Å². The molecule has 0 radical (unpaired) electrons. The highest BCUT2D eigenvalue weighted by Crippen LogP contribution is 2.09. The number of rotatable bonds is 4. The van der Waals surface area contributed by atoms with Crippen molar-refractivity contribution in [1.82, 2.24) is 30.2 Å². The van der Waals surface area contributed by atoms with E-state index < -0.39 is 0 Å². The molecule has 78 valence electrons. The van der Waals surface area contributed by atoms with Gasteiger partial charge in [-0.25, -0.2) is 9.67 Å². The molecule has 15 heavy (non-hydrogen) atoms. The Hall–Kier alpha value is -1.89. The van der Waals surface area contributed by atoms with E-state index in [1.54, 1.807) is 23.3 Å². The molecule has 2 rings (SSSR count). The molecule has 0 spiro atoms. The minimum Gasteiger partial charge on any atom is -0.330 e. The van der Waals surface area contributed by atoms with Crippen molar-refractivity contribution in [1.29, 1.82) is 0 Å². The van der Waals surface area contributed by atoms with Crippen LogP contribution in [0.3, 0.4) is 0 Å². The normalized spacial score (nSPS) is 10.5. The summed E-state index contributed by atoms with van der Waals surface area (Å²) in [5, 5.41) is 11.4. The number of hydrogen-bond donors (Lipinski definition) is 1. The fourth-order valence-electron chi connectivity index (χ4n) is 1.19. The SMILES string of the molecule is NCCCn1nnnc1-c1cnccn1. The minimum absolute atomic E-state index is 0.611. The largest absolute Gasteiger partial charge is 0.330 e. The molecule has 2 aromatic rings. The molecular weight excluding hydrogens is 194 g/mol. The van der Waals surface area contributed by atoms with Crippen molar-refractivity contribution in [2.24, 2.45) is 5.73 Å². The van der Waals surface area contributed by atoms with E-state index in [-0.39, 0.29) is 0 Å². The summed E-state index contributed by atoms with van der Waals surface area (Å²) in [5.41, 5.74) is 6.09. The first-order valence-electron chi connectivity index (χ1n) is 4.64. The van der Waals surface area contributed by atoms with Crippen LogP contribution < -0.4 is 5.73 Å². The molecule has 0 aliphatic heterocycles. The number of nitrogens with zero attached hydrogens (tertiary/aromatic N) is 6. The number of hydrogen-bond acceptors (Lipinski definition) is 6. The van der Waals surface area contributed by atoms with Gasteiger partial charge in [0.2, 0.25) is 5.82 Å². The van der Waals surface area contributed by atoms with Crippen LogP contribution in [0.4, 0.5) is 0 Å². The fraction of sp³-hybridized carbons (Fsp3) is 0.375. The molecule has 7 nitrogen and oxygen atoms in total. The van der Waals surface area contributed by atoms with Gasteiger partial charge in [-0.2, -0.15) is 0 Å². The summed E-state index contributed by atoms with van der Waals surface area (Å²) in [6.07, 6.45) is 5.68. The molecule has 0 aliphatic rings. The molecule has 0 saturated carbocycles. The van der Waals surface area contributed by atoms with Gasteiger partial charge in [-0.15, -0.1) is 5.10 Å². The Bertz CT molecular complexity index is 410. The minimum atomic E-state index is 0.611. The van der Waals surface area contributed by atoms with Crippen molar-refractivity contribution in [2.45, 2.75) is 13.0 Å². The van der Waals surface area contributed by atoms with E-state index in [0.717, 1.165) is 6.42 Å². The number of aryl methyl sites for hydroxylation is 1. The lowest BCUT2D eigenvalue weighted by molar-refractivity contribution is 0.568. The zero-order valence-electron chi connectivity index (χ0n) is 8.11. The molecule has 0 unspecified atom stereocenters. The Morgan fingerprint density at radius 1 is 1.33 bits per heavy atom. The lowest BCUT2D eigenvalue weighted by Crippen LogP contribution is -2.08. The molecule has 0 aliphatic carbocycles. The van der Waals surface area contributed by atoms with Gasteiger partial charge in [0, 0.05) is 18.9 Å². The summed E-state index contributed by atoms with van der Waals surface area (Å²) >= 11 is 0. The van der Waals surface area contributed by atoms with Crippen molar-refractivity contribution >= 4 is 0 Å². The predicted molar refractivity (Wildman–Crippen MR) is 52.5 cm³/mol. The molecule has 0 saturated heterocycles. The number of nitrogens with two attached hydrogens (primary N) is 1. The Balaban J connectivity index is 2.25. The second kappa shape index (κ2) is 4.56. The summed E-state index contributed by atoms with van der Waals surface area (Å²) < 4.78 is 1.68. The molecule has 0 amide bonds. The molecule has 0 bridgehead atoms. The van der Waals surface area contributed by atoms with Crippen LogP contribution in [0.25, 0.3) is 11.5 Å². The Labute approximate surface area is 86.3 Å². The van der Waals surface area contributed by atoms with Gasteiger partial charge >= 0.3 is 0 Å². The summed E-state index contributed by atoms with van der Waals surface area (Å²) in [4.78, 5) is 8.10. The average Bonchev–Trinajstić information content (AvgIpc) is 2.75. The predicted octanol–water partition coefficient (Wildman–Crippen LogP) is -0.521. The van der Waals surface area contributed by atoms with Crippen LogP contribution in [0.1, 0.15) is 6.42 Å². The van der Waals surface area contributed by atoms with Crippen LogP contribution in [0.15, 0.2) is 18.6 Å². The van der Waals surface area contributed by atoms with E-state index in [1.165, 1.54) is 0 Å². The molecule has 2 heterocycles. The second-order valence-electron chi connectivity index (χ2n) is 2.96. The van der Waals surface area contributed by atoms with E-state index in [0.29, 0.717) is 24.6 Å². The van der Waals surface area contributed by atoms with Crippen LogP contribution in [0.5, 0.6) is 0 Å². The van der Waals surface area contributed by atoms with Gasteiger partial charge in [0.15, 0.2) is 0 Å². The zero-order valence-corrected chi connectivity index (χ0v) is 8.11. The van der Waals surface area contributed by atoms with Gasteiger partial charge in [-0.1, -0.05) is 0 Å². The summed E-state index contributed by atoms with van der Waals surface area (Å²) in [6.45, 7) is 1.30. The highest BCUT2D eigenvalue weighted by molar-refractivity contribution is 5.45. The van der Waals surface area contributed by atoms with Gasteiger partial charge in [0.05, 0.1) is 6.20 Å². The smallest absolute Gasteiger partial charge is 0.202 e. The molecular formula is C8H11N7. The van der Waals surface area contributed by atoms with Crippen LogP contribution >= 0.6 is 0 Å². The topological polar surface area (TPSA) is 95.4 Å². The quantitative estimate of drug-likeness (QED) is 0.721. The van der Waals surface area contributed by atoms with E-state index in [2.05, 4.69) is 25.5 Å². The summed E-state index contributed by atoms with van der Waals surface area (Å²) in [5.74, 6) is 0.622. The van der Waals surface area contributed by atoms with Crippen molar-refractivity contribution in [3.63, 3.8) is 0 Å². The number of aromatic nitrogens is 6.